The number of thioether (sulfide) groups is 1. The zero-order valence-electron chi connectivity index (χ0n) is 7.17. The average Bonchev–Trinajstić information content (AvgIpc) is 2.17. The van der Waals surface area contributed by atoms with E-state index in [1.54, 1.807) is 7.11 Å². The van der Waals surface area contributed by atoms with Gasteiger partial charge in [0.05, 0.1) is 7.11 Å². The molecule has 2 heteroatoms. The molecule has 0 N–H and O–H groups in total. The Balaban J connectivity index is 2.36. The van der Waals surface area contributed by atoms with Crippen LogP contribution in [0, 0.1) is 0 Å². The fourth-order valence-corrected chi connectivity index (χ4v) is 2.48. The largest absolute Gasteiger partial charge is 0.497 e. The van der Waals surface area contributed by atoms with Crippen molar-refractivity contribution in [2.45, 2.75) is 17.7 Å². The number of fused-ring (bicyclic) bond motifs is 1. The summed E-state index contributed by atoms with van der Waals surface area (Å²) in [7, 11) is 1.72. The van der Waals surface area contributed by atoms with Gasteiger partial charge in [-0.05, 0) is 42.4 Å². The first-order valence-electron chi connectivity index (χ1n) is 4.20. The molecule has 1 aromatic carbocycles. The van der Waals surface area contributed by atoms with Gasteiger partial charge < -0.3 is 4.74 Å². The van der Waals surface area contributed by atoms with Gasteiger partial charge in [0.1, 0.15) is 5.75 Å². The molecule has 1 aromatic rings. The van der Waals surface area contributed by atoms with Crippen LogP contribution in [0.1, 0.15) is 12.0 Å². The molecule has 0 amide bonds. The maximum absolute atomic E-state index is 5.17. The summed E-state index contributed by atoms with van der Waals surface area (Å²) in [6.45, 7) is 0. The van der Waals surface area contributed by atoms with Crippen LogP contribution in [-0.2, 0) is 6.42 Å². The monoisotopic (exact) mass is 180 g/mol. The minimum absolute atomic E-state index is 0.983. The molecular formula is C10H12OS. The van der Waals surface area contributed by atoms with Gasteiger partial charge in [-0.1, -0.05) is 0 Å². The lowest BCUT2D eigenvalue weighted by Gasteiger charge is -2.15. The van der Waals surface area contributed by atoms with Crippen molar-refractivity contribution >= 4 is 11.8 Å². The first-order chi connectivity index (χ1) is 5.90. The summed E-state index contributed by atoms with van der Waals surface area (Å²) in [5.41, 5.74) is 1.45. The van der Waals surface area contributed by atoms with Gasteiger partial charge in [-0.2, -0.15) is 0 Å². The van der Waals surface area contributed by atoms with E-state index in [4.69, 9.17) is 4.74 Å². The molecule has 0 aromatic heterocycles. The lowest BCUT2D eigenvalue weighted by atomic mass is 10.1. The normalized spacial score (nSPS) is 15.4. The second-order valence-electron chi connectivity index (χ2n) is 2.93. The molecule has 0 saturated carbocycles. The van der Waals surface area contributed by atoms with E-state index >= 15 is 0 Å². The summed E-state index contributed by atoms with van der Waals surface area (Å²) in [6, 6.07) is 6.36. The SMILES string of the molecule is COc1ccc2c(c1)CCCS2. The highest BCUT2D eigenvalue weighted by Gasteiger charge is 2.09. The first kappa shape index (κ1) is 7.99. The van der Waals surface area contributed by atoms with Crippen molar-refractivity contribution in [1.82, 2.24) is 0 Å². The number of hydrogen-bond acceptors (Lipinski definition) is 2. The van der Waals surface area contributed by atoms with Crippen molar-refractivity contribution in [2.75, 3.05) is 12.9 Å². The van der Waals surface area contributed by atoms with E-state index in [0.29, 0.717) is 0 Å². The Bertz CT molecular complexity index is 283. The molecule has 0 radical (unpaired) electrons. The Morgan fingerprint density at radius 2 is 2.33 bits per heavy atom. The molecule has 0 aliphatic carbocycles. The predicted molar refractivity (Wildman–Crippen MR) is 52.0 cm³/mol. The lowest BCUT2D eigenvalue weighted by Crippen LogP contribution is -1.98. The molecule has 1 aliphatic rings. The van der Waals surface area contributed by atoms with Gasteiger partial charge in [0.15, 0.2) is 0 Å². The number of methoxy groups -OCH3 is 1. The van der Waals surface area contributed by atoms with E-state index < -0.39 is 0 Å². The maximum atomic E-state index is 5.17. The molecule has 0 atom stereocenters. The minimum atomic E-state index is 0.983. The van der Waals surface area contributed by atoms with Gasteiger partial charge >= 0.3 is 0 Å². The molecule has 2 rings (SSSR count). The average molecular weight is 180 g/mol. The van der Waals surface area contributed by atoms with Crippen LogP contribution < -0.4 is 4.74 Å². The van der Waals surface area contributed by atoms with Crippen molar-refractivity contribution in [2.24, 2.45) is 0 Å². The van der Waals surface area contributed by atoms with Crippen LogP contribution in [0.15, 0.2) is 23.1 Å². The highest BCUT2D eigenvalue weighted by Crippen LogP contribution is 2.32. The number of hydrogen-bond donors (Lipinski definition) is 0. The molecule has 1 aliphatic heterocycles. The number of ether oxygens (including phenoxy) is 1. The zero-order valence-corrected chi connectivity index (χ0v) is 7.99. The minimum Gasteiger partial charge on any atom is -0.497 e. The molecule has 0 fully saturated rings. The third-order valence-electron chi connectivity index (χ3n) is 2.12. The van der Waals surface area contributed by atoms with Gasteiger partial charge in [0.2, 0.25) is 0 Å². The van der Waals surface area contributed by atoms with E-state index in [1.165, 1.54) is 29.1 Å². The Labute approximate surface area is 77.1 Å². The second kappa shape index (κ2) is 3.40. The van der Waals surface area contributed by atoms with Crippen LogP contribution in [0.2, 0.25) is 0 Å². The van der Waals surface area contributed by atoms with Crippen LogP contribution in [0.4, 0.5) is 0 Å². The van der Waals surface area contributed by atoms with Gasteiger partial charge in [0.25, 0.3) is 0 Å². The molecule has 64 valence electrons. The van der Waals surface area contributed by atoms with Gasteiger partial charge in [-0.25, -0.2) is 0 Å². The van der Waals surface area contributed by atoms with Crippen molar-refractivity contribution in [3.8, 4) is 5.75 Å². The van der Waals surface area contributed by atoms with E-state index in [9.17, 15) is 0 Å². The summed E-state index contributed by atoms with van der Waals surface area (Å²) < 4.78 is 5.17. The quantitative estimate of drug-likeness (QED) is 0.657. The van der Waals surface area contributed by atoms with Crippen LogP contribution in [0.5, 0.6) is 5.75 Å². The van der Waals surface area contributed by atoms with Gasteiger partial charge in [-0.15, -0.1) is 11.8 Å². The van der Waals surface area contributed by atoms with E-state index in [1.807, 2.05) is 17.8 Å². The summed E-state index contributed by atoms with van der Waals surface area (Å²) in [6.07, 6.45) is 2.50. The van der Waals surface area contributed by atoms with E-state index in [2.05, 4.69) is 12.1 Å². The first-order valence-corrected chi connectivity index (χ1v) is 5.18. The van der Waals surface area contributed by atoms with Crippen LogP contribution >= 0.6 is 11.8 Å². The maximum Gasteiger partial charge on any atom is 0.119 e. The third-order valence-corrected chi connectivity index (χ3v) is 3.32. The van der Waals surface area contributed by atoms with Crippen molar-refractivity contribution in [3.05, 3.63) is 23.8 Å². The van der Waals surface area contributed by atoms with Crippen molar-refractivity contribution in [1.29, 1.82) is 0 Å². The lowest BCUT2D eigenvalue weighted by molar-refractivity contribution is 0.413. The van der Waals surface area contributed by atoms with Crippen LogP contribution in [-0.4, -0.2) is 12.9 Å². The molecule has 0 bridgehead atoms. The molecule has 0 saturated heterocycles. The Morgan fingerprint density at radius 1 is 1.42 bits per heavy atom. The highest BCUT2D eigenvalue weighted by molar-refractivity contribution is 7.99. The summed E-state index contributed by atoms with van der Waals surface area (Å²) in [5, 5.41) is 0. The van der Waals surface area contributed by atoms with Crippen LogP contribution in [0.3, 0.4) is 0 Å². The fraction of sp³-hybridized carbons (Fsp3) is 0.400. The molecular weight excluding hydrogens is 168 g/mol. The third kappa shape index (κ3) is 1.44. The Morgan fingerprint density at radius 3 is 3.17 bits per heavy atom. The van der Waals surface area contributed by atoms with E-state index in [-0.39, 0.29) is 0 Å². The number of aryl methyl sites for hydroxylation is 1. The Hall–Kier alpha value is -0.630. The van der Waals surface area contributed by atoms with Crippen molar-refractivity contribution < 1.29 is 4.74 Å². The molecule has 12 heavy (non-hydrogen) atoms. The molecule has 1 nitrogen and oxygen atoms in total. The molecule has 0 unspecified atom stereocenters. The second-order valence-corrected chi connectivity index (χ2v) is 4.06. The standard InChI is InChI=1S/C10H12OS/c1-11-9-4-5-10-8(7-9)3-2-6-12-10/h4-5,7H,2-3,6H2,1H3. The van der Waals surface area contributed by atoms with E-state index in [0.717, 1.165) is 5.75 Å². The van der Waals surface area contributed by atoms with Gasteiger partial charge in [-0.3, -0.25) is 0 Å². The fourth-order valence-electron chi connectivity index (χ4n) is 1.46. The number of benzene rings is 1. The number of rotatable bonds is 1. The highest BCUT2D eigenvalue weighted by atomic mass is 32.2. The molecule has 0 spiro atoms. The topological polar surface area (TPSA) is 9.23 Å². The van der Waals surface area contributed by atoms with Crippen LogP contribution in [0.25, 0.3) is 0 Å². The Kier molecular flexibility index (Phi) is 2.26. The summed E-state index contributed by atoms with van der Waals surface area (Å²) >= 11 is 1.95. The van der Waals surface area contributed by atoms with Gasteiger partial charge in [0, 0.05) is 4.90 Å². The zero-order chi connectivity index (χ0) is 8.39. The van der Waals surface area contributed by atoms with Crippen molar-refractivity contribution in [3.63, 3.8) is 0 Å². The summed E-state index contributed by atoms with van der Waals surface area (Å²) in [4.78, 5) is 1.43. The predicted octanol–water partition coefficient (Wildman–Crippen LogP) is 2.73. The summed E-state index contributed by atoms with van der Waals surface area (Å²) in [5.74, 6) is 2.25. The molecule has 1 heterocycles. The smallest absolute Gasteiger partial charge is 0.119 e.